The van der Waals surface area contributed by atoms with E-state index in [1.54, 1.807) is 13.3 Å². The van der Waals surface area contributed by atoms with Crippen molar-refractivity contribution >= 4 is 5.91 Å². The maximum atomic E-state index is 11.2. The van der Waals surface area contributed by atoms with Gasteiger partial charge in [0.15, 0.2) is 0 Å². The van der Waals surface area contributed by atoms with Crippen LogP contribution in [-0.2, 0) is 11.2 Å². The Morgan fingerprint density at radius 3 is 2.76 bits per heavy atom. The van der Waals surface area contributed by atoms with E-state index in [9.17, 15) is 4.79 Å². The number of hydrogen-bond donors (Lipinski definition) is 1. The molecule has 0 unspecified atom stereocenters. The number of benzene rings is 1. The van der Waals surface area contributed by atoms with Crippen molar-refractivity contribution in [2.45, 2.75) is 12.8 Å². The van der Waals surface area contributed by atoms with Crippen molar-refractivity contribution in [1.29, 1.82) is 0 Å². The molecule has 88 valence electrons. The highest BCUT2D eigenvalue weighted by Gasteiger charge is 2.08. The Balaban J connectivity index is 2.20. The molecule has 1 amide bonds. The summed E-state index contributed by atoms with van der Waals surface area (Å²) in [4.78, 5) is 11.2. The normalized spacial score (nSPS) is 10.2. The molecule has 1 aromatic carbocycles. The van der Waals surface area contributed by atoms with Gasteiger partial charge in [0.2, 0.25) is 5.91 Å². The monoisotopic (exact) mass is 229 g/mol. The van der Waals surface area contributed by atoms with Gasteiger partial charge in [0.05, 0.1) is 6.26 Å². The van der Waals surface area contributed by atoms with Crippen LogP contribution < -0.4 is 5.32 Å². The van der Waals surface area contributed by atoms with Crippen LogP contribution in [0.25, 0.3) is 11.3 Å². The molecule has 1 aromatic heterocycles. The number of aryl methyl sites for hydroxylation is 1. The largest absolute Gasteiger partial charge is 0.464 e. The van der Waals surface area contributed by atoms with Gasteiger partial charge in [0.1, 0.15) is 5.76 Å². The lowest BCUT2D eigenvalue weighted by molar-refractivity contribution is -0.120. The van der Waals surface area contributed by atoms with E-state index in [1.807, 2.05) is 36.4 Å². The van der Waals surface area contributed by atoms with Crippen LogP contribution in [-0.4, -0.2) is 13.0 Å². The first-order valence-electron chi connectivity index (χ1n) is 5.63. The van der Waals surface area contributed by atoms with Crippen LogP contribution in [0.15, 0.2) is 47.1 Å². The second-order valence-electron chi connectivity index (χ2n) is 3.81. The molecule has 0 saturated heterocycles. The van der Waals surface area contributed by atoms with E-state index in [0.717, 1.165) is 23.3 Å². The van der Waals surface area contributed by atoms with Gasteiger partial charge < -0.3 is 9.73 Å². The highest BCUT2D eigenvalue weighted by molar-refractivity contribution is 5.76. The summed E-state index contributed by atoms with van der Waals surface area (Å²) >= 11 is 0. The van der Waals surface area contributed by atoms with Crippen molar-refractivity contribution in [3.05, 3.63) is 48.2 Å². The highest BCUT2D eigenvalue weighted by Crippen LogP contribution is 2.24. The summed E-state index contributed by atoms with van der Waals surface area (Å²) in [6, 6.07) is 11.8. The van der Waals surface area contributed by atoms with E-state index in [1.165, 1.54) is 0 Å². The quantitative estimate of drug-likeness (QED) is 0.875. The fourth-order valence-corrected chi connectivity index (χ4v) is 1.78. The van der Waals surface area contributed by atoms with Gasteiger partial charge in [0, 0.05) is 19.0 Å². The molecular formula is C14H15NO2. The van der Waals surface area contributed by atoms with E-state index in [0.29, 0.717) is 6.42 Å². The van der Waals surface area contributed by atoms with Crippen LogP contribution in [0.2, 0.25) is 0 Å². The summed E-state index contributed by atoms with van der Waals surface area (Å²) in [5.41, 5.74) is 2.19. The lowest BCUT2D eigenvalue weighted by Crippen LogP contribution is -2.18. The summed E-state index contributed by atoms with van der Waals surface area (Å²) in [7, 11) is 1.65. The molecule has 0 saturated carbocycles. The Kier molecular flexibility index (Phi) is 3.60. The number of amides is 1. The molecule has 0 fully saturated rings. The van der Waals surface area contributed by atoms with Gasteiger partial charge in [-0.3, -0.25) is 4.79 Å². The predicted molar refractivity (Wildman–Crippen MR) is 66.5 cm³/mol. The lowest BCUT2D eigenvalue weighted by atomic mass is 10.0. The van der Waals surface area contributed by atoms with E-state index in [-0.39, 0.29) is 5.91 Å². The van der Waals surface area contributed by atoms with E-state index >= 15 is 0 Å². The van der Waals surface area contributed by atoms with E-state index in [2.05, 4.69) is 5.32 Å². The minimum Gasteiger partial charge on any atom is -0.464 e. The molecule has 2 aromatic rings. The zero-order chi connectivity index (χ0) is 12.1. The average Bonchev–Trinajstić information content (AvgIpc) is 2.90. The summed E-state index contributed by atoms with van der Waals surface area (Å²) in [5, 5.41) is 2.63. The Bertz CT molecular complexity index is 489. The van der Waals surface area contributed by atoms with Crippen molar-refractivity contribution in [3.63, 3.8) is 0 Å². The van der Waals surface area contributed by atoms with Crippen molar-refractivity contribution in [2.75, 3.05) is 7.05 Å². The zero-order valence-corrected chi connectivity index (χ0v) is 9.77. The molecule has 1 heterocycles. The Morgan fingerprint density at radius 1 is 1.24 bits per heavy atom. The van der Waals surface area contributed by atoms with Gasteiger partial charge in [-0.1, -0.05) is 24.3 Å². The molecule has 0 aliphatic carbocycles. The predicted octanol–water partition coefficient (Wildman–Crippen LogP) is 2.63. The SMILES string of the molecule is CNC(=O)CCc1ccccc1-c1ccco1. The van der Waals surface area contributed by atoms with Crippen LogP contribution in [0.3, 0.4) is 0 Å². The van der Waals surface area contributed by atoms with Gasteiger partial charge in [0.25, 0.3) is 0 Å². The third-order valence-electron chi connectivity index (χ3n) is 2.70. The third-order valence-corrected chi connectivity index (χ3v) is 2.70. The third kappa shape index (κ3) is 2.75. The van der Waals surface area contributed by atoms with Crippen molar-refractivity contribution in [1.82, 2.24) is 5.32 Å². The van der Waals surface area contributed by atoms with Gasteiger partial charge >= 0.3 is 0 Å². The summed E-state index contributed by atoms with van der Waals surface area (Å²) in [6.45, 7) is 0. The second kappa shape index (κ2) is 5.34. The number of nitrogens with one attached hydrogen (secondary N) is 1. The van der Waals surface area contributed by atoms with Gasteiger partial charge in [-0.05, 0) is 24.1 Å². The Hall–Kier alpha value is -2.03. The Morgan fingerprint density at radius 2 is 2.06 bits per heavy atom. The smallest absolute Gasteiger partial charge is 0.220 e. The molecule has 0 aliphatic heterocycles. The first-order chi connectivity index (χ1) is 8.31. The van der Waals surface area contributed by atoms with Gasteiger partial charge in [-0.2, -0.15) is 0 Å². The van der Waals surface area contributed by atoms with E-state index < -0.39 is 0 Å². The van der Waals surface area contributed by atoms with Crippen LogP contribution >= 0.6 is 0 Å². The summed E-state index contributed by atoms with van der Waals surface area (Å²) < 4.78 is 5.39. The van der Waals surface area contributed by atoms with Crippen molar-refractivity contribution in [3.8, 4) is 11.3 Å². The minimum absolute atomic E-state index is 0.0549. The number of carbonyl (C=O) groups excluding carboxylic acids is 1. The molecule has 1 N–H and O–H groups in total. The summed E-state index contributed by atoms with van der Waals surface area (Å²) in [5.74, 6) is 0.900. The summed E-state index contributed by atoms with van der Waals surface area (Å²) in [6.07, 6.45) is 2.87. The van der Waals surface area contributed by atoms with Crippen LogP contribution in [0, 0.1) is 0 Å². The first kappa shape index (κ1) is 11.5. The van der Waals surface area contributed by atoms with E-state index in [4.69, 9.17) is 4.42 Å². The molecule has 0 aliphatic rings. The second-order valence-corrected chi connectivity index (χ2v) is 3.81. The molecular weight excluding hydrogens is 214 g/mol. The minimum atomic E-state index is 0.0549. The maximum absolute atomic E-state index is 11.2. The Labute approximate surface area is 100 Å². The van der Waals surface area contributed by atoms with Gasteiger partial charge in [-0.25, -0.2) is 0 Å². The topological polar surface area (TPSA) is 42.2 Å². The standard InChI is InChI=1S/C14H15NO2/c1-15-14(16)9-8-11-5-2-3-6-12(11)13-7-4-10-17-13/h2-7,10H,8-9H2,1H3,(H,15,16). The zero-order valence-electron chi connectivity index (χ0n) is 9.77. The molecule has 0 spiro atoms. The number of carbonyl (C=O) groups is 1. The lowest BCUT2D eigenvalue weighted by Gasteiger charge is -2.06. The maximum Gasteiger partial charge on any atom is 0.220 e. The molecule has 0 bridgehead atoms. The molecule has 2 rings (SSSR count). The van der Waals surface area contributed by atoms with Crippen LogP contribution in [0.4, 0.5) is 0 Å². The number of hydrogen-bond acceptors (Lipinski definition) is 2. The number of rotatable bonds is 4. The highest BCUT2D eigenvalue weighted by atomic mass is 16.3. The molecule has 3 heteroatoms. The molecule has 0 radical (unpaired) electrons. The van der Waals surface area contributed by atoms with Crippen molar-refractivity contribution in [2.24, 2.45) is 0 Å². The fraction of sp³-hybridized carbons (Fsp3) is 0.214. The van der Waals surface area contributed by atoms with Crippen LogP contribution in [0.5, 0.6) is 0 Å². The van der Waals surface area contributed by atoms with Crippen LogP contribution in [0.1, 0.15) is 12.0 Å². The molecule has 17 heavy (non-hydrogen) atoms. The average molecular weight is 229 g/mol. The number of furan rings is 1. The van der Waals surface area contributed by atoms with Gasteiger partial charge in [-0.15, -0.1) is 0 Å². The molecule has 0 atom stereocenters. The fourth-order valence-electron chi connectivity index (χ4n) is 1.78. The van der Waals surface area contributed by atoms with Crippen molar-refractivity contribution < 1.29 is 9.21 Å². The molecule has 3 nitrogen and oxygen atoms in total. The first-order valence-corrected chi connectivity index (χ1v) is 5.63.